The molecule has 1 aliphatic rings. The minimum Gasteiger partial charge on any atom is -0.314 e. The lowest BCUT2D eigenvalue weighted by Crippen LogP contribution is -2.34. The Morgan fingerprint density at radius 3 is 2.92 bits per heavy atom. The van der Waals surface area contributed by atoms with Crippen LogP contribution in [0.5, 0.6) is 0 Å². The van der Waals surface area contributed by atoms with Gasteiger partial charge in [0.15, 0.2) is 0 Å². The van der Waals surface area contributed by atoms with Crippen LogP contribution in [-0.4, -0.2) is 24.1 Å². The number of piperidine rings is 1. The van der Waals surface area contributed by atoms with Crippen molar-refractivity contribution in [3.05, 3.63) is 0 Å². The molecule has 0 aromatic carbocycles. The molecule has 0 radical (unpaired) electrons. The zero-order chi connectivity index (χ0) is 9.36. The summed E-state index contributed by atoms with van der Waals surface area (Å²) in [5.74, 6) is 2.72. The van der Waals surface area contributed by atoms with E-state index in [-0.39, 0.29) is 0 Å². The molecule has 1 fully saturated rings. The molecule has 1 nitrogen and oxygen atoms in total. The van der Waals surface area contributed by atoms with Crippen LogP contribution in [0.3, 0.4) is 0 Å². The summed E-state index contributed by atoms with van der Waals surface area (Å²) >= 11 is 2.13. The molecule has 0 saturated carbocycles. The monoisotopic (exact) mass is 201 g/mol. The van der Waals surface area contributed by atoms with Gasteiger partial charge in [0.2, 0.25) is 0 Å². The molecule has 0 bridgehead atoms. The summed E-state index contributed by atoms with van der Waals surface area (Å²) < 4.78 is 0. The van der Waals surface area contributed by atoms with Gasteiger partial charge < -0.3 is 5.32 Å². The first-order valence-corrected chi connectivity index (χ1v) is 6.90. The SMILES string of the molecule is CCCCSCCC1CCCCN1. The number of rotatable bonds is 6. The second-order valence-electron chi connectivity index (χ2n) is 3.90. The average molecular weight is 201 g/mol. The summed E-state index contributed by atoms with van der Waals surface area (Å²) in [6.07, 6.45) is 8.36. The van der Waals surface area contributed by atoms with Gasteiger partial charge in [0.05, 0.1) is 0 Å². The lowest BCUT2D eigenvalue weighted by Gasteiger charge is -2.23. The maximum Gasteiger partial charge on any atom is 0.00749 e. The molecule has 1 rings (SSSR count). The zero-order valence-electron chi connectivity index (χ0n) is 8.85. The lowest BCUT2D eigenvalue weighted by molar-refractivity contribution is 0.395. The van der Waals surface area contributed by atoms with Crippen LogP contribution in [0.15, 0.2) is 0 Å². The lowest BCUT2D eigenvalue weighted by atomic mass is 10.0. The van der Waals surface area contributed by atoms with Crippen molar-refractivity contribution in [2.75, 3.05) is 18.1 Å². The normalized spacial score (nSPS) is 23.3. The van der Waals surface area contributed by atoms with E-state index >= 15 is 0 Å². The molecule has 78 valence electrons. The summed E-state index contributed by atoms with van der Waals surface area (Å²) in [5.41, 5.74) is 0. The van der Waals surface area contributed by atoms with Crippen LogP contribution in [-0.2, 0) is 0 Å². The fraction of sp³-hybridized carbons (Fsp3) is 1.00. The minimum atomic E-state index is 0.836. The maximum absolute atomic E-state index is 3.60. The van der Waals surface area contributed by atoms with E-state index < -0.39 is 0 Å². The van der Waals surface area contributed by atoms with Gasteiger partial charge in [-0.15, -0.1) is 0 Å². The van der Waals surface area contributed by atoms with Crippen LogP contribution < -0.4 is 5.32 Å². The highest BCUT2D eigenvalue weighted by atomic mass is 32.2. The predicted octanol–water partition coefficient (Wildman–Crippen LogP) is 3.05. The fourth-order valence-electron chi connectivity index (χ4n) is 1.74. The van der Waals surface area contributed by atoms with Gasteiger partial charge in [-0.05, 0) is 43.7 Å². The number of nitrogens with one attached hydrogen (secondary N) is 1. The first-order valence-electron chi connectivity index (χ1n) is 5.74. The number of unbranched alkanes of at least 4 members (excludes halogenated alkanes) is 1. The van der Waals surface area contributed by atoms with Crippen LogP contribution in [0.4, 0.5) is 0 Å². The molecule has 1 atom stereocenters. The molecule has 1 unspecified atom stereocenters. The van der Waals surface area contributed by atoms with Gasteiger partial charge in [-0.1, -0.05) is 19.8 Å². The van der Waals surface area contributed by atoms with E-state index in [1.807, 2.05) is 0 Å². The van der Waals surface area contributed by atoms with Crippen LogP contribution >= 0.6 is 11.8 Å². The largest absolute Gasteiger partial charge is 0.314 e. The van der Waals surface area contributed by atoms with Gasteiger partial charge >= 0.3 is 0 Å². The molecule has 1 saturated heterocycles. The van der Waals surface area contributed by atoms with Gasteiger partial charge in [0, 0.05) is 6.04 Å². The quantitative estimate of drug-likeness (QED) is 0.663. The Labute approximate surface area is 87.1 Å². The summed E-state index contributed by atoms with van der Waals surface area (Å²) in [6, 6.07) is 0.836. The predicted molar refractivity (Wildman–Crippen MR) is 62.5 cm³/mol. The van der Waals surface area contributed by atoms with Crippen molar-refractivity contribution in [3.63, 3.8) is 0 Å². The van der Waals surface area contributed by atoms with Crippen molar-refractivity contribution in [3.8, 4) is 0 Å². The van der Waals surface area contributed by atoms with Crippen LogP contribution in [0.1, 0.15) is 45.4 Å². The average Bonchev–Trinajstić information content (AvgIpc) is 2.19. The molecule has 2 heteroatoms. The van der Waals surface area contributed by atoms with E-state index in [9.17, 15) is 0 Å². The minimum absolute atomic E-state index is 0.836. The van der Waals surface area contributed by atoms with E-state index in [0.717, 1.165) is 6.04 Å². The molecule has 13 heavy (non-hydrogen) atoms. The molecule has 1 N–H and O–H groups in total. The van der Waals surface area contributed by atoms with Gasteiger partial charge in [-0.2, -0.15) is 11.8 Å². The Morgan fingerprint density at radius 1 is 1.31 bits per heavy atom. The number of hydrogen-bond donors (Lipinski definition) is 1. The third-order valence-corrected chi connectivity index (χ3v) is 3.77. The smallest absolute Gasteiger partial charge is 0.00749 e. The van der Waals surface area contributed by atoms with E-state index in [4.69, 9.17) is 0 Å². The van der Waals surface area contributed by atoms with Crippen LogP contribution in [0.25, 0.3) is 0 Å². The summed E-state index contributed by atoms with van der Waals surface area (Å²) in [5, 5.41) is 3.60. The Morgan fingerprint density at radius 2 is 2.23 bits per heavy atom. The van der Waals surface area contributed by atoms with E-state index in [1.165, 1.54) is 56.6 Å². The molecule has 0 aliphatic carbocycles. The van der Waals surface area contributed by atoms with Gasteiger partial charge in [0.25, 0.3) is 0 Å². The molecule has 0 spiro atoms. The molecular weight excluding hydrogens is 178 g/mol. The van der Waals surface area contributed by atoms with Crippen molar-refractivity contribution in [2.24, 2.45) is 0 Å². The van der Waals surface area contributed by atoms with Crippen LogP contribution in [0, 0.1) is 0 Å². The summed E-state index contributed by atoms with van der Waals surface area (Å²) in [6.45, 7) is 3.52. The topological polar surface area (TPSA) is 12.0 Å². The van der Waals surface area contributed by atoms with E-state index in [0.29, 0.717) is 0 Å². The first-order chi connectivity index (χ1) is 6.43. The Kier molecular flexibility index (Phi) is 6.73. The standard InChI is InChI=1S/C11H23NS/c1-2-3-9-13-10-7-11-6-4-5-8-12-11/h11-12H,2-10H2,1H3. The van der Waals surface area contributed by atoms with Crippen molar-refractivity contribution in [1.82, 2.24) is 5.32 Å². The van der Waals surface area contributed by atoms with Gasteiger partial charge in [-0.25, -0.2) is 0 Å². The highest BCUT2D eigenvalue weighted by Gasteiger charge is 2.11. The van der Waals surface area contributed by atoms with Crippen molar-refractivity contribution >= 4 is 11.8 Å². The molecule has 0 aromatic rings. The highest BCUT2D eigenvalue weighted by molar-refractivity contribution is 7.99. The number of hydrogen-bond acceptors (Lipinski definition) is 2. The Balaban J connectivity index is 1.86. The van der Waals surface area contributed by atoms with Crippen LogP contribution in [0.2, 0.25) is 0 Å². The van der Waals surface area contributed by atoms with Crippen molar-refractivity contribution in [2.45, 2.75) is 51.5 Å². The molecular formula is C11H23NS. The molecule has 1 aliphatic heterocycles. The van der Waals surface area contributed by atoms with Gasteiger partial charge in [-0.3, -0.25) is 0 Å². The third-order valence-electron chi connectivity index (χ3n) is 2.67. The summed E-state index contributed by atoms with van der Waals surface area (Å²) in [4.78, 5) is 0. The fourth-order valence-corrected chi connectivity index (χ4v) is 2.89. The van der Waals surface area contributed by atoms with Crippen molar-refractivity contribution in [1.29, 1.82) is 0 Å². The Hall–Kier alpha value is 0.310. The first kappa shape index (κ1) is 11.4. The maximum atomic E-state index is 3.60. The molecule has 0 aromatic heterocycles. The van der Waals surface area contributed by atoms with E-state index in [1.54, 1.807) is 0 Å². The highest BCUT2D eigenvalue weighted by Crippen LogP contribution is 2.14. The second kappa shape index (κ2) is 7.69. The van der Waals surface area contributed by atoms with Gasteiger partial charge in [0.1, 0.15) is 0 Å². The second-order valence-corrected chi connectivity index (χ2v) is 5.13. The Bertz CT molecular complexity index is 111. The number of thioether (sulfide) groups is 1. The third kappa shape index (κ3) is 5.58. The van der Waals surface area contributed by atoms with Crippen molar-refractivity contribution < 1.29 is 0 Å². The zero-order valence-corrected chi connectivity index (χ0v) is 9.67. The molecule has 0 amide bonds. The van der Waals surface area contributed by atoms with E-state index in [2.05, 4.69) is 24.0 Å². The summed E-state index contributed by atoms with van der Waals surface area (Å²) in [7, 11) is 0. The molecule has 1 heterocycles.